The number of carbonyl (C=O) groups excluding carboxylic acids is 1. The van der Waals surface area contributed by atoms with Gasteiger partial charge in [0.25, 0.3) is 0 Å². The Kier molecular flexibility index (Phi) is 4.59. The molecule has 4 heteroatoms. The fourth-order valence-electron chi connectivity index (χ4n) is 1.70. The Balaban J connectivity index is 1.92. The fourth-order valence-corrected chi connectivity index (χ4v) is 1.70. The van der Waals surface area contributed by atoms with Crippen LogP contribution in [0, 0.1) is 17.1 Å². The third-order valence-corrected chi connectivity index (χ3v) is 2.76. The summed E-state index contributed by atoms with van der Waals surface area (Å²) < 4.78 is 18.7. The smallest absolute Gasteiger partial charge is 0.188 e. The Morgan fingerprint density at radius 2 is 1.95 bits per heavy atom. The number of nitriles is 1. The van der Waals surface area contributed by atoms with Crippen molar-refractivity contribution in [2.24, 2.45) is 0 Å². The van der Waals surface area contributed by atoms with Gasteiger partial charge in [0, 0.05) is 5.56 Å². The SMILES string of the molecule is N#Cc1ccc(C(=O)COCc2ccccc2)cc1F. The van der Waals surface area contributed by atoms with Gasteiger partial charge in [0.1, 0.15) is 18.5 Å². The van der Waals surface area contributed by atoms with E-state index >= 15 is 0 Å². The average molecular weight is 269 g/mol. The summed E-state index contributed by atoms with van der Waals surface area (Å²) in [6.45, 7) is 0.200. The van der Waals surface area contributed by atoms with E-state index in [0.29, 0.717) is 6.61 Å². The number of ketones is 1. The highest BCUT2D eigenvalue weighted by Gasteiger charge is 2.09. The van der Waals surface area contributed by atoms with Crippen molar-refractivity contribution in [3.8, 4) is 6.07 Å². The Bertz CT molecular complexity index is 647. The van der Waals surface area contributed by atoms with Gasteiger partial charge in [0.05, 0.1) is 12.2 Å². The molecule has 0 unspecified atom stereocenters. The Labute approximate surface area is 116 Å². The lowest BCUT2D eigenvalue weighted by molar-refractivity contribution is 0.0726. The van der Waals surface area contributed by atoms with E-state index in [4.69, 9.17) is 10.00 Å². The van der Waals surface area contributed by atoms with Gasteiger partial charge in [-0.05, 0) is 23.8 Å². The Morgan fingerprint density at radius 3 is 2.60 bits per heavy atom. The highest BCUT2D eigenvalue weighted by Crippen LogP contribution is 2.10. The third kappa shape index (κ3) is 3.50. The van der Waals surface area contributed by atoms with Crippen molar-refractivity contribution in [2.45, 2.75) is 6.61 Å². The molecule has 100 valence electrons. The van der Waals surface area contributed by atoms with Gasteiger partial charge in [0.15, 0.2) is 5.78 Å². The second-order valence-corrected chi connectivity index (χ2v) is 4.21. The summed E-state index contributed by atoms with van der Waals surface area (Å²) in [5, 5.41) is 8.62. The maximum atomic E-state index is 13.4. The number of rotatable bonds is 5. The number of halogens is 1. The summed E-state index contributed by atoms with van der Waals surface area (Å²) in [5.41, 5.74) is 1.09. The molecule has 2 aromatic carbocycles. The predicted octanol–water partition coefficient (Wildman–Crippen LogP) is 3.10. The van der Waals surface area contributed by atoms with Gasteiger partial charge in [-0.25, -0.2) is 4.39 Å². The molecular formula is C16H12FNO2. The molecule has 0 heterocycles. The van der Waals surface area contributed by atoms with Crippen molar-refractivity contribution in [3.05, 3.63) is 71.0 Å². The lowest BCUT2D eigenvalue weighted by atomic mass is 10.1. The standard InChI is InChI=1S/C16H12FNO2/c17-15-8-13(6-7-14(15)9-18)16(19)11-20-10-12-4-2-1-3-5-12/h1-8H,10-11H2. The van der Waals surface area contributed by atoms with Crippen LogP contribution in [0.4, 0.5) is 4.39 Å². The van der Waals surface area contributed by atoms with Crippen LogP contribution in [0.25, 0.3) is 0 Å². The molecule has 2 aromatic rings. The lowest BCUT2D eigenvalue weighted by Gasteiger charge is -2.04. The number of ether oxygens (including phenoxy) is 1. The van der Waals surface area contributed by atoms with Gasteiger partial charge >= 0.3 is 0 Å². The molecule has 0 radical (unpaired) electrons. The van der Waals surface area contributed by atoms with Crippen LogP contribution in [0.15, 0.2) is 48.5 Å². The van der Waals surface area contributed by atoms with Crippen LogP contribution in [-0.2, 0) is 11.3 Å². The summed E-state index contributed by atoms with van der Waals surface area (Å²) >= 11 is 0. The molecule has 0 fully saturated rings. The molecule has 0 atom stereocenters. The van der Waals surface area contributed by atoms with Crippen molar-refractivity contribution in [3.63, 3.8) is 0 Å². The van der Waals surface area contributed by atoms with Crippen molar-refractivity contribution < 1.29 is 13.9 Å². The van der Waals surface area contributed by atoms with Crippen LogP contribution in [0.2, 0.25) is 0 Å². The van der Waals surface area contributed by atoms with Gasteiger partial charge in [-0.2, -0.15) is 5.26 Å². The molecule has 0 saturated carbocycles. The minimum absolute atomic E-state index is 0.0771. The number of carbonyl (C=O) groups is 1. The van der Waals surface area contributed by atoms with E-state index in [1.807, 2.05) is 30.3 Å². The summed E-state index contributed by atoms with van der Waals surface area (Å²) in [6.07, 6.45) is 0. The molecule has 0 spiro atoms. The number of benzene rings is 2. The van der Waals surface area contributed by atoms with E-state index in [1.165, 1.54) is 12.1 Å². The molecule has 0 aliphatic carbocycles. The molecule has 0 bridgehead atoms. The lowest BCUT2D eigenvalue weighted by Crippen LogP contribution is -2.09. The zero-order chi connectivity index (χ0) is 14.4. The molecule has 20 heavy (non-hydrogen) atoms. The Hall–Kier alpha value is -2.51. The van der Waals surface area contributed by atoms with Crippen molar-refractivity contribution in [1.29, 1.82) is 5.26 Å². The van der Waals surface area contributed by atoms with Gasteiger partial charge in [0.2, 0.25) is 0 Å². The topological polar surface area (TPSA) is 50.1 Å². The predicted molar refractivity (Wildman–Crippen MR) is 71.5 cm³/mol. The second kappa shape index (κ2) is 6.60. The minimum atomic E-state index is -0.693. The molecule has 0 aromatic heterocycles. The van der Waals surface area contributed by atoms with Crippen LogP contribution in [0.1, 0.15) is 21.5 Å². The van der Waals surface area contributed by atoms with Crippen LogP contribution in [-0.4, -0.2) is 12.4 Å². The van der Waals surface area contributed by atoms with Gasteiger partial charge < -0.3 is 4.74 Å². The van der Waals surface area contributed by atoms with Gasteiger partial charge in [-0.15, -0.1) is 0 Å². The first kappa shape index (κ1) is 13.9. The molecule has 0 saturated heterocycles. The van der Waals surface area contributed by atoms with Gasteiger partial charge in [-0.1, -0.05) is 30.3 Å². The first-order valence-corrected chi connectivity index (χ1v) is 6.05. The highest BCUT2D eigenvalue weighted by atomic mass is 19.1. The van der Waals surface area contributed by atoms with E-state index in [-0.39, 0.29) is 23.5 Å². The molecule has 0 N–H and O–H groups in total. The molecular weight excluding hydrogens is 257 g/mol. The van der Waals surface area contributed by atoms with E-state index < -0.39 is 5.82 Å². The maximum Gasteiger partial charge on any atom is 0.188 e. The number of Topliss-reactive ketones (excluding diaryl/α,β-unsaturated/α-hetero) is 1. The molecule has 3 nitrogen and oxygen atoms in total. The third-order valence-electron chi connectivity index (χ3n) is 2.76. The number of hydrogen-bond donors (Lipinski definition) is 0. The fraction of sp³-hybridized carbons (Fsp3) is 0.125. The largest absolute Gasteiger partial charge is 0.369 e. The van der Waals surface area contributed by atoms with E-state index in [0.717, 1.165) is 11.6 Å². The first-order valence-electron chi connectivity index (χ1n) is 6.05. The summed E-state index contributed by atoms with van der Waals surface area (Å²) in [7, 11) is 0. The van der Waals surface area contributed by atoms with Crippen LogP contribution < -0.4 is 0 Å². The normalized spacial score (nSPS) is 10.0. The maximum absolute atomic E-state index is 13.4. The zero-order valence-electron chi connectivity index (χ0n) is 10.7. The average Bonchev–Trinajstić information content (AvgIpc) is 2.48. The number of hydrogen-bond acceptors (Lipinski definition) is 3. The monoisotopic (exact) mass is 269 g/mol. The number of nitrogens with zero attached hydrogens (tertiary/aromatic N) is 1. The molecule has 0 amide bonds. The van der Waals surface area contributed by atoms with Crippen molar-refractivity contribution in [1.82, 2.24) is 0 Å². The van der Waals surface area contributed by atoms with E-state index in [2.05, 4.69) is 0 Å². The highest BCUT2D eigenvalue weighted by molar-refractivity contribution is 5.97. The van der Waals surface area contributed by atoms with Crippen molar-refractivity contribution in [2.75, 3.05) is 6.61 Å². The summed E-state index contributed by atoms with van der Waals surface area (Å²) in [5.74, 6) is -1.01. The van der Waals surface area contributed by atoms with Gasteiger partial charge in [-0.3, -0.25) is 4.79 Å². The second-order valence-electron chi connectivity index (χ2n) is 4.21. The molecule has 0 aliphatic heterocycles. The van der Waals surface area contributed by atoms with E-state index in [1.54, 1.807) is 6.07 Å². The van der Waals surface area contributed by atoms with Crippen LogP contribution in [0.5, 0.6) is 0 Å². The first-order chi connectivity index (χ1) is 9.70. The minimum Gasteiger partial charge on any atom is -0.369 e. The quantitative estimate of drug-likeness (QED) is 0.784. The summed E-state index contributed by atoms with van der Waals surface area (Å²) in [6, 6.07) is 14.9. The summed E-state index contributed by atoms with van der Waals surface area (Å²) in [4.78, 5) is 11.8. The van der Waals surface area contributed by atoms with Crippen LogP contribution in [0.3, 0.4) is 0 Å². The molecule has 2 rings (SSSR count). The zero-order valence-corrected chi connectivity index (χ0v) is 10.7. The Morgan fingerprint density at radius 1 is 1.20 bits per heavy atom. The van der Waals surface area contributed by atoms with Crippen molar-refractivity contribution >= 4 is 5.78 Å². The van der Waals surface area contributed by atoms with E-state index in [9.17, 15) is 9.18 Å². The van der Waals surface area contributed by atoms with Crippen LogP contribution >= 0.6 is 0 Å². The molecule has 0 aliphatic rings.